The lowest BCUT2D eigenvalue weighted by Gasteiger charge is -2.38. The van der Waals surface area contributed by atoms with Crippen molar-refractivity contribution in [1.82, 2.24) is 40.3 Å². The number of benzene rings is 3. The number of piperazine rings is 2. The predicted octanol–water partition coefficient (Wildman–Crippen LogP) is 5.21. The molecule has 3 aromatic carbocycles. The number of phenols is 1. The Labute approximate surface area is 401 Å². The van der Waals surface area contributed by atoms with Crippen LogP contribution in [0.3, 0.4) is 0 Å². The molecule has 0 saturated carbocycles. The van der Waals surface area contributed by atoms with Gasteiger partial charge in [-0.2, -0.15) is 9.97 Å². The molecule has 5 aromatic rings. The highest BCUT2D eigenvalue weighted by molar-refractivity contribution is 6.08. The van der Waals surface area contributed by atoms with E-state index in [2.05, 4.69) is 37.2 Å². The highest BCUT2D eigenvalue weighted by Gasteiger charge is 2.37. The average molecular weight is 941 g/mol. The van der Waals surface area contributed by atoms with Crippen LogP contribution in [0.1, 0.15) is 73.4 Å². The van der Waals surface area contributed by atoms with Gasteiger partial charge in [0, 0.05) is 87.3 Å². The van der Waals surface area contributed by atoms with Crippen LogP contribution >= 0.6 is 0 Å². The number of pyridine rings is 1. The lowest BCUT2D eigenvalue weighted by molar-refractivity contribution is -0.139. The maximum atomic E-state index is 17.0. The largest absolute Gasteiger partial charge is 0.508 e. The number of nitrogens with one attached hydrogen (secondary N) is 2. The van der Waals surface area contributed by atoms with Gasteiger partial charge in [0.1, 0.15) is 35.4 Å². The number of imide groups is 2. The molecule has 5 aliphatic rings. The maximum Gasteiger partial charge on any atom is 0.319 e. The van der Waals surface area contributed by atoms with E-state index in [1.165, 1.54) is 0 Å². The summed E-state index contributed by atoms with van der Waals surface area (Å²) < 4.78 is 23.3. The molecule has 69 heavy (non-hydrogen) atoms. The van der Waals surface area contributed by atoms with Crippen LogP contribution in [0.25, 0.3) is 32.9 Å². The Bertz CT molecular complexity index is 2760. The normalized spacial score (nSPS) is 21.5. The molecular weight excluding hydrogens is 880 g/mol. The summed E-state index contributed by atoms with van der Waals surface area (Å²) >= 11 is 0. The second-order valence-electron chi connectivity index (χ2n) is 19.5. The van der Waals surface area contributed by atoms with Crippen LogP contribution in [0.15, 0.2) is 54.7 Å². The molecule has 0 radical (unpaired) electrons. The molecule has 4 amide bonds. The molecule has 2 aromatic heterocycles. The van der Waals surface area contributed by atoms with Crippen molar-refractivity contribution in [1.29, 1.82) is 0 Å². The van der Waals surface area contributed by atoms with E-state index in [4.69, 9.17) is 19.7 Å². The van der Waals surface area contributed by atoms with Crippen LogP contribution in [0.4, 0.5) is 15.9 Å². The number of amides is 4. The standard InChI is InChI=1S/C52H61FN10O6/c1-3-34-5-4-6-35-26-39(65)27-41(45(34)35)47-46(53)48-42(28-54-47)49(62-29-36-7-8-37(30-62)55-36)58-52(57-48)69-24-23-59-16-13-33(14-17-59)15-18-60-19-21-61(22-20-60)38-9-10-40(32(2)25-38)51(68)63(31-64)43-11-12-44(66)56-50(43)67/h4-6,9-10,25-28,31,33,36-37,43,55,65H,3,7-8,11-24,29-30H2,1-2H3,(H,56,66,67). The number of carbonyl (C=O) groups excluding carboxylic acids is 4. The quantitative estimate of drug-likeness (QED) is 0.0978. The first-order valence-corrected chi connectivity index (χ1v) is 24.7. The lowest BCUT2D eigenvalue weighted by Crippen LogP contribution is -2.53. The van der Waals surface area contributed by atoms with Gasteiger partial charge in [-0.1, -0.05) is 25.1 Å². The Kier molecular flexibility index (Phi) is 13.4. The molecule has 5 fully saturated rings. The Morgan fingerprint density at radius 2 is 1.70 bits per heavy atom. The number of likely N-dealkylation sites (tertiary alicyclic amines) is 1. The summed E-state index contributed by atoms with van der Waals surface area (Å²) in [6, 6.07) is 14.6. The summed E-state index contributed by atoms with van der Waals surface area (Å²) in [5.74, 6) is -0.820. The summed E-state index contributed by atoms with van der Waals surface area (Å²) in [4.78, 5) is 74.0. The number of aryl methyl sites for hydroxylation is 2. The van der Waals surface area contributed by atoms with E-state index in [0.717, 1.165) is 130 Å². The molecule has 2 bridgehead atoms. The molecule has 3 atom stereocenters. The highest BCUT2D eigenvalue weighted by Crippen LogP contribution is 2.39. The zero-order chi connectivity index (χ0) is 47.8. The first-order chi connectivity index (χ1) is 33.5. The molecule has 5 aliphatic heterocycles. The fourth-order valence-corrected chi connectivity index (χ4v) is 11.2. The van der Waals surface area contributed by atoms with Gasteiger partial charge in [0.25, 0.3) is 5.91 Å². The third-order valence-corrected chi connectivity index (χ3v) is 15.1. The van der Waals surface area contributed by atoms with E-state index in [9.17, 15) is 24.3 Å². The van der Waals surface area contributed by atoms with Crippen molar-refractivity contribution < 1.29 is 33.4 Å². The minimum absolute atomic E-state index is 0.0464. The molecule has 3 unspecified atom stereocenters. The smallest absolute Gasteiger partial charge is 0.319 e. The number of fused-ring (bicyclic) bond motifs is 4. The Morgan fingerprint density at radius 3 is 2.42 bits per heavy atom. The number of aromatic hydroxyl groups is 1. The summed E-state index contributed by atoms with van der Waals surface area (Å²) in [5, 5.41) is 18.9. The third-order valence-electron chi connectivity index (χ3n) is 15.1. The number of ether oxygens (including phenoxy) is 1. The lowest BCUT2D eigenvalue weighted by atomic mass is 9.93. The summed E-state index contributed by atoms with van der Waals surface area (Å²) in [7, 11) is 0. The van der Waals surface area contributed by atoms with Crippen molar-refractivity contribution in [3.05, 3.63) is 77.2 Å². The van der Waals surface area contributed by atoms with Crippen molar-refractivity contribution in [2.24, 2.45) is 5.92 Å². The van der Waals surface area contributed by atoms with Crippen LogP contribution in [0, 0.1) is 18.7 Å². The number of hydrogen-bond donors (Lipinski definition) is 3. The number of phenolic OH excluding ortho intramolecular Hbond substituents is 1. The van der Waals surface area contributed by atoms with Crippen molar-refractivity contribution in [3.8, 4) is 23.0 Å². The molecular formula is C52H61FN10O6. The number of anilines is 2. The number of nitrogens with zero attached hydrogens (tertiary/aromatic N) is 8. The minimum Gasteiger partial charge on any atom is -0.508 e. The number of piperidine rings is 2. The van der Waals surface area contributed by atoms with Crippen molar-refractivity contribution >= 4 is 57.3 Å². The molecule has 5 saturated heterocycles. The highest BCUT2D eigenvalue weighted by atomic mass is 19.1. The second kappa shape index (κ2) is 20.0. The van der Waals surface area contributed by atoms with Gasteiger partial charge in [0.15, 0.2) is 5.82 Å². The molecule has 362 valence electrons. The molecule has 3 N–H and O–H groups in total. The van der Waals surface area contributed by atoms with Crippen LogP contribution in [0.5, 0.6) is 11.8 Å². The van der Waals surface area contributed by atoms with Crippen molar-refractivity contribution in [2.45, 2.75) is 83.3 Å². The molecule has 16 nitrogen and oxygen atoms in total. The number of hydrogen-bond acceptors (Lipinski definition) is 14. The minimum atomic E-state index is -1.00. The van der Waals surface area contributed by atoms with Gasteiger partial charge in [-0.05, 0) is 130 Å². The fourth-order valence-electron chi connectivity index (χ4n) is 11.2. The number of aromatic nitrogens is 3. The van der Waals surface area contributed by atoms with Crippen LogP contribution in [-0.4, -0.2) is 149 Å². The van der Waals surface area contributed by atoms with Crippen molar-refractivity contribution in [2.75, 3.05) is 81.9 Å². The SMILES string of the molecule is CCc1cccc2cc(O)cc(-c3ncc4c(N5CC6CCC(C5)N6)nc(OCCN5CCC(CCN6CCN(c7ccc(C(=O)N(C=O)C8CCC(=O)NC8=O)c(C)c7)CC6)CC5)nc4c3F)c12. The molecule has 7 heterocycles. The number of carbonyl (C=O) groups is 4. The van der Waals surface area contributed by atoms with E-state index >= 15 is 4.39 Å². The number of halogens is 1. The van der Waals surface area contributed by atoms with Crippen LogP contribution in [0.2, 0.25) is 0 Å². The van der Waals surface area contributed by atoms with Crippen LogP contribution < -0.4 is 25.2 Å². The van der Waals surface area contributed by atoms with Gasteiger partial charge in [0.05, 0.1) is 5.39 Å². The van der Waals surface area contributed by atoms with Gasteiger partial charge in [0.2, 0.25) is 18.2 Å². The number of rotatable bonds is 14. The molecule has 10 rings (SSSR count). The second-order valence-corrected chi connectivity index (χ2v) is 19.5. The van der Waals surface area contributed by atoms with Gasteiger partial charge >= 0.3 is 6.01 Å². The Morgan fingerprint density at radius 1 is 0.928 bits per heavy atom. The zero-order valence-corrected chi connectivity index (χ0v) is 39.5. The maximum absolute atomic E-state index is 17.0. The van der Waals surface area contributed by atoms with E-state index in [0.29, 0.717) is 59.9 Å². The first kappa shape index (κ1) is 46.4. The molecule has 0 aliphatic carbocycles. The predicted molar refractivity (Wildman–Crippen MR) is 261 cm³/mol. The summed E-state index contributed by atoms with van der Waals surface area (Å²) in [6.45, 7) is 13.1. The van der Waals surface area contributed by atoms with Crippen molar-refractivity contribution in [3.63, 3.8) is 0 Å². The average Bonchev–Trinajstić information content (AvgIpc) is 3.70. The van der Waals surface area contributed by atoms with Gasteiger partial charge < -0.3 is 25.0 Å². The van der Waals surface area contributed by atoms with E-state index < -0.39 is 29.6 Å². The topological polar surface area (TPSA) is 177 Å². The zero-order valence-electron chi connectivity index (χ0n) is 39.5. The summed E-state index contributed by atoms with van der Waals surface area (Å²) in [6.07, 6.45) is 8.54. The summed E-state index contributed by atoms with van der Waals surface area (Å²) in [5.41, 5.74) is 3.96. The van der Waals surface area contributed by atoms with Gasteiger partial charge in [-0.25, -0.2) is 4.39 Å². The fraction of sp³-hybridized carbons (Fsp3) is 0.481. The Balaban J connectivity index is 0.729. The monoisotopic (exact) mass is 940 g/mol. The Hall–Kier alpha value is -6.30. The van der Waals surface area contributed by atoms with E-state index in [1.807, 2.05) is 37.3 Å². The van der Waals surface area contributed by atoms with E-state index in [1.54, 1.807) is 24.4 Å². The molecule has 0 spiro atoms. The van der Waals surface area contributed by atoms with Crippen LogP contribution in [-0.2, 0) is 20.8 Å². The van der Waals surface area contributed by atoms with Gasteiger partial charge in [-0.15, -0.1) is 0 Å². The third kappa shape index (κ3) is 9.68. The van der Waals surface area contributed by atoms with E-state index in [-0.39, 0.29) is 35.8 Å². The molecule has 17 heteroatoms. The van der Waals surface area contributed by atoms with Gasteiger partial charge in [-0.3, -0.25) is 44.2 Å². The first-order valence-electron chi connectivity index (χ1n) is 24.7.